The van der Waals surface area contributed by atoms with E-state index in [0.717, 1.165) is 48.7 Å². The Morgan fingerprint density at radius 3 is 2.80 bits per heavy atom. The second-order valence-electron chi connectivity index (χ2n) is 7.88. The Morgan fingerprint density at radius 1 is 1.30 bits per heavy atom. The van der Waals surface area contributed by atoms with E-state index in [1.807, 2.05) is 12.1 Å². The van der Waals surface area contributed by atoms with Gasteiger partial charge in [0.15, 0.2) is 5.65 Å². The maximum atomic E-state index is 11.9. The third-order valence-corrected chi connectivity index (χ3v) is 6.15. The number of anilines is 4. The van der Waals surface area contributed by atoms with Crippen LogP contribution in [0.3, 0.4) is 0 Å². The van der Waals surface area contributed by atoms with E-state index in [4.69, 9.17) is 0 Å². The molecule has 1 atom stereocenters. The van der Waals surface area contributed by atoms with E-state index in [0.29, 0.717) is 28.8 Å². The van der Waals surface area contributed by atoms with Crippen LogP contribution in [0.25, 0.3) is 5.65 Å². The summed E-state index contributed by atoms with van der Waals surface area (Å²) in [4.78, 5) is 6.94. The Morgan fingerprint density at radius 2 is 2.13 bits per heavy atom. The van der Waals surface area contributed by atoms with Crippen LogP contribution in [0.2, 0.25) is 0 Å². The predicted octanol–water partition coefficient (Wildman–Crippen LogP) is 3.01. The van der Waals surface area contributed by atoms with Gasteiger partial charge in [0.2, 0.25) is 0 Å². The molecule has 2 aliphatic rings. The highest BCUT2D eigenvalue weighted by Gasteiger charge is 2.23. The van der Waals surface area contributed by atoms with E-state index in [1.165, 1.54) is 6.42 Å². The van der Waals surface area contributed by atoms with Crippen LogP contribution in [0.4, 0.5) is 23.0 Å². The van der Waals surface area contributed by atoms with Crippen molar-refractivity contribution in [3.8, 4) is 6.07 Å². The van der Waals surface area contributed by atoms with Crippen LogP contribution in [0, 0.1) is 11.3 Å². The molecule has 0 radical (unpaired) electrons. The van der Waals surface area contributed by atoms with Crippen molar-refractivity contribution >= 4 is 39.8 Å². The molecule has 154 valence electrons. The van der Waals surface area contributed by atoms with Gasteiger partial charge in [0, 0.05) is 42.1 Å². The van der Waals surface area contributed by atoms with Crippen molar-refractivity contribution in [1.29, 1.82) is 5.26 Å². The standard InChI is InChI=1S/C21H23N7OS/c1-30(29)13-14-9-17(5-6-18(14)27-7-2-8-27)24-19-10-20(25-16-3-4-16)28-21(26-19)15(11-22)12-23-28/h5-6,9-10,12,16,25H,2-4,7-8,13H2,1H3,(H,24,26). The van der Waals surface area contributed by atoms with Crippen molar-refractivity contribution in [3.63, 3.8) is 0 Å². The lowest BCUT2D eigenvalue weighted by atomic mass is 10.1. The molecule has 3 aromatic rings. The van der Waals surface area contributed by atoms with Crippen LogP contribution in [-0.2, 0) is 16.9 Å². The summed E-state index contributed by atoms with van der Waals surface area (Å²) in [6.07, 6.45) is 6.74. The Bertz CT molecular complexity index is 1130. The zero-order valence-corrected chi connectivity index (χ0v) is 17.6. The Labute approximate surface area is 178 Å². The number of hydrogen-bond donors (Lipinski definition) is 2. The molecule has 1 saturated carbocycles. The number of nitrogens with zero attached hydrogens (tertiary/aromatic N) is 5. The molecule has 9 heteroatoms. The van der Waals surface area contributed by atoms with Gasteiger partial charge < -0.3 is 20.1 Å². The summed E-state index contributed by atoms with van der Waals surface area (Å²) >= 11 is -0.925. The minimum atomic E-state index is -0.925. The van der Waals surface area contributed by atoms with Crippen molar-refractivity contribution in [2.24, 2.45) is 0 Å². The van der Waals surface area contributed by atoms with Crippen molar-refractivity contribution < 1.29 is 4.55 Å². The topological polar surface area (TPSA) is 104 Å². The van der Waals surface area contributed by atoms with E-state index in [1.54, 1.807) is 17.0 Å². The molecule has 1 aliphatic carbocycles. The summed E-state index contributed by atoms with van der Waals surface area (Å²) in [5, 5.41) is 20.5. The molecular formula is C21H23N7OS. The molecule has 2 N–H and O–H groups in total. The fourth-order valence-electron chi connectivity index (χ4n) is 3.66. The third-order valence-electron chi connectivity index (χ3n) is 5.43. The monoisotopic (exact) mass is 421 g/mol. The summed E-state index contributed by atoms with van der Waals surface area (Å²) in [5.74, 6) is 1.98. The number of nitriles is 1. The highest BCUT2D eigenvalue weighted by molar-refractivity contribution is 7.89. The molecule has 30 heavy (non-hydrogen) atoms. The van der Waals surface area contributed by atoms with Crippen molar-refractivity contribution in [3.05, 3.63) is 41.6 Å². The Balaban J connectivity index is 1.49. The molecule has 1 unspecified atom stereocenters. The molecule has 1 saturated heterocycles. The van der Waals surface area contributed by atoms with Gasteiger partial charge in [0.05, 0.1) is 12.5 Å². The number of fused-ring (bicyclic) bond motifs is 1. The van der Waals surface area contributed by atoms with E-state index in [9.17, 15) is 9.81 Å². The highest BCUT2D eigenvalue weighted by Crippen LogP contribution is 2.31. The molecular weight excluding hydrogens is 398 g/mol. The van der Waals surface area contributed by atoms with E-state index in [-0.39, 0.29) is 0 Å². The molecule has 1 aromatic carbocycles. The third kappa shape index (κ3) is 3.76. The first-order chi connectivity index (χ1) is 14.6. The second-order valence-corrected chi connectivity index (χ2v) is 9.31. The van der Waals surface area contributed by atoms with Gasteiger partial charge in [-0.2, -0.15) is 14.9 Å². The van der Waals surface area contributed by atoms with E-state index < -0.39 is 11.2 Å². The number of hydrogen-bond acceptors (Lipinski definition) is 7. The van der Waals surface area contributed by atoms with Gasteiger partial charge in [0.25, 0.3) is 0 Å². The molecule has 1 aliphatic heterocycles. The number of benzene rings is 1. The van der Waals surface area contributed by atoms with Crippen LogP contribution in [0.15, 0.2) is 30.5 Å². The zero-order valence-electron chi connectivity index (χ0n) is 16.8. The van der Waals surface area contributed by atoms with E-state index >= 15 is 0 Å². The SMILES string of the molecule is C[S+]([O-])Cc1cc(Nc2cc(NC3CC3)n3ncc(C#N)c3n2)ccc1N1CCC1. The van der Waals surface area contributed by atoms with E-state index in [2.05, 4.69) is 43.8 Å². The van der Waals surface area contributed by atoms with Crippen LogP contribution in [0.5, 0.6) is 0 Å². The first-order valence-electron chi connectivity index (χ1n) is 10.1. The van der Waals surface area contributed by atoms with Gasteiger partial charge in [-0.05, 0) is 37.5 Å². The first kappa shape index (κ1) is 19.0. The highest BCUT2D eigenvalue weighted by atomic mass is 32.2. The fourth-order valence-corrected chi connectivity index (χ4v) is 4.33. The summed E-state index contributed by atoms with van der Waals surface area (Å²) in [6, 6.07) is 10.7. The molecule has 0 amide bonds. The lowest BCUT2D eigenvalue weighted by molar-refractivity contribution is 0.598. The molecule has 2 fully saturated rings. The van der Waals surface area contributed by atoms with Gasteiger partial charge in [-0.3, -0.25) is 0 Å². The van der Waals surface area contributed by atoms with Crippen molar-refractivity contribution in [1.82, 2.24) is 14.6 Å². The van der Waals surface area contributed by atoms with Gasteiger partial charge >= 0.3 is 0 Å². The summed E-state index contributed by atoms with van der Waals surface area (Å²) < 4.78 is 13.6. The predicted molar refractivity (Wildman–Crippen MR) is 119 cm³/mol. The lowest BCUT2D eigenvalue weighted by Gasteiger charge is -2.34. The second kappa shape index (κ2) is 7.70. The normalized spacial score (nSPS) is 16.8. The molecule has 8 nitrogen and oxygen atoms in total. The van der Waals surface area contributed by atoms with Crippen molar-refractivity contribution in [2.75, 3.05) is 34.9 Å². The number of rotatable bonds is 7. The minimum absolute atomic E-state index is 0.438. The summed E-state index contributed by atoms with van der Waals surface area (Å²) in [7, 11) is 0. The quantitative estimate of drug-likeness (QED) is 0.565. The fraction of sp³-hybridized carbons (Fsp3) is 0.381. The van der Waals surface area contributed by atoms with Gasteiger partial charge in [-0.1, -0.05) is 11.2 Å². The average molecular weight is 422 g/mol. The Hall–Kier alpha value is -2.96. The average Bonchev–Trinajstić information content (AvgIpc) is 3.38. The largest absolute Gasteiger partial charge is 0.616 e. The maximum Gasteiger partial charge on any atom is 0.177 e. The summed E-state index contributed by atoms with van der Waals surface area (Å²) in [5.41, 5.74) is 4.07. The molecule has 0 spiro atoms. The molecule has 5 rings (SSSR count). The number of aromatic nitrogens is 3. The lowest BCUT2D eigenvalue weighted by Crippen LogP contribution is -2.37. The van der Waals surface area contributed by atoms with Crippen LogP contribution < -0.4 is 15.5 Å². The zero-order chi connectivity index (χ0) is 20.7. The van der Waals surface area contributed by atoms with Gasteiger partial charge in [-0.15, -0.1) is 0 Å². The molecule has 3 heterocycles. The summed E-state index contributed by atoms with van der Waals surface area (Å²) in [6.45, 7) is 2.09. The molecule has 2 aromatic heterocycles. The maximum absolute atomic E-state index is 11.9. The van der Waals surface area contributed by atoms with Gasteiger partial charge in [-0.25, -0.2) is 4.98 Å². The molecule has 0 bridgehead atoms. The first-order valence-corrected chi connectivity index (χ1v) is 11.8. The van der Waals surface area contributed by atoms with Crippen LogP contribution >= 0.6 is 0 Å². The Kier molecular flexibility index (Phi) is 4.89. The number of nitrogens with one attached hydrogen (secondary N) is 2. The smallest absolute Gasteiger partial charge is 0.177 e. The van der Waals surface area contributed by atoms with Gasteiger partial charge in [0.1, 0.15) is 29.0 Å². The van der Waals surface area contributed by atoms with Crippen LogP contribution in [0.1, 0.15) is 30.4 Å². The van der Waals surface area contributed by atoms with Crippen molar-refractivity contribution in [2.45, 2.75) is 31.1 Å². The minimum Gasteiger partial charge on any atom is -0.616 e. The van der Waals surface area contributed by atoms with Crippen LogP contribution in [-0.4, -0.2) is 44.5 Å².